The Balaban J connectivity index is 1.56. The molecule has 7 heteroatoms. The van der Waals surface area contributed by atoms with E-state index in [1.54, 1.807) is 23.9 Å². The molecule has 0 saturated heterocycles. The summed E-state index contributed by atoms with van der Waals surface area (Å²) in [5, 5.41) is 3.49. The maximum Gasteiger partial charge on any atom is 0.226 e. The average Bonchev–Trinajstić information content (AvgIpc) is 2.98. The monoisotopic (exact) mass is 378 g/mol. The van der Waals surface area contributed by atoms with Crippen LogP contribution in [0.5, 0.6) is 0 Å². The number of hydrogen-bond acceptors (Lipinski definition) is 5. The smallest absolute Gasteiger partial charge is 0.226 e. The molecule has 0 unspecified atom stereocenters. The van der Waals surface area contributed by atoms with Crippen LogP contribution in [0, 0.1) is 5.82 Å². The van der Waals surface area contributed by atoms with Gasteiger partial charge in [0.15, 0.2) is 5.13 Å². The Kier molecular flexibility index (Phi) is 5.76. The highest BCUT2D eigenvalue weighted by molar-refractivity contribution is 7.99. The lowest BCUT2D eigenvalue weighted by molar-refractivity contribution is -0.115. The summed E-state index contributed by atoms with van der Waals surface area (Å²) in [5.74, 6) is 0.324. The first-order valence-electron chi connectivity index (χ1n) is 7.27. The average molecular weight is 379 g/mol. The van der Waals surface area contributed by atoms with E-state index in [0.29, 0.717) is 17.3 Å². The van der Waals surface area contributed by atoms with E-state index in [1.807, 2.05) is 24.5 Å². The quantitative estimate of drug-likeness (QED) is 0.593. The lowest BCUT2D eigenvalue weighted by Crippen LogP contribution is -2.11. The van der Waals surface area contributed by atoms with Crippen molar-refractivity contribution in [3.63, 3.8) is 0 Å². The standard InChI is InChI=1S/C17H15FN2OS3/c1-22-13-3-2-4-14-16(13)20-17(24-14)19-15(21)9-10-23-12-7-5-11(18)6-8-12/h2-8H,9-10H2,1H3,(H,19,20,21). The number of thiazole rings is 1. The number of halogens is 1. The SMILES string of the molecule is CSc1cccc2sc(NC(=O)CCSc3ccc(F)cc3)nc12. The van der Waals surface area contributed by atoms with Gasteiger partial charge in [0, 0.05) is 22.0 Å². The number of amides is 1. The van der Waals surface area contributed by atoms with E-state index in [-0.39, 0.29) is 11.7 Å². The summed E-state index contributed by atoms with van der Waals surface area (Å²) in [4.78, 5) is 18.6. The summed E-state index contributed by atoms with van der Waals surface area (Å²) in [5.41, 5.74) is 0.936. The highest BCUT2D eigenvalue weighted by Crippen LogP contribution is 2.32. The largest absolute Gasteiger partial charge is 0.302 e. The van der Waals surface area contributed by atoms with Gasteiger partial charge in [-0.15, -0.1) is 23.5 Å². The van der Waals surface area contributed by atoms with Gasteiger partial charge in [-0.05, 0) is 42.7 Å². The van der Waals surface area contributed by atoms with Gasteiger partial charge in [-0.25, -0.2) is 9.37 Å². The Hall–Kier alpha value is -1.57. The Labute approximate surface area is 152 Å². The number of rotatable bonds is 6. The van der Waals surface area contributed by atoms with Crippen molar-refractivity contribution < 1.29 is 9.18 Å². The summed E-state index contributed by atoms with van der Waals surface area (Å²) in [6.07, 6.45) is 2.40. The van der Waals surface area contributed by atoms with E-state index in [1.165, 1.54) is 35.2 Å². The maximum absolute atomic E-state index is 12.8. The molecule has 0 aliphatic heterocycles. The maximum atomic E-state index is 12.8. The second kappa shape index (κ2) is 8.00. The zero-order valence-corrected chi connectivity index (χ0v) is 15.4. The van der Waals surface area contributed by atoms with Crippen molar-refractivity contribution in [1.29, 1.82) is 0 Å². The van der Waals surface area contributed by atoms with Gasteiger partial charge in [0.1, 0.15) is 5.82 Å². The van der Waals surface area contributed by atoms with E-state index in [9.17, 15) is 9.18 Å². The number of carbonyl (C=O) groups is 1. The molecule has 2 aromatic carbocycles. The van der Waals surface area contributed by atoms with Crippen LogP contribution in [0.15, 0.2) is 52.3 Å². The fourth-order valence-electron chi connectivity index (χ4n) is 2.12. The molecule has 1 N–H and O–H groups in total. The van der Waals surface area contributed by atoms with Gasteiger partial charge in [0.05, 0.1) is 10.2 Å². The molecule has 3 nitrogen and oxygen atoms in total. The molecular formula is C17H15FN2OS3. The normalized spacial score (nSPS) is 10.9. The Morgan fingerprint density at radius 1 is 1.25 bits per heavy atom. The first-order chi connectivity index (χ1) is 11.7. The molecule has 3 aromatic rings. The van der Waals surface area contributed by atoms with Crippen LogP contribution in [-0.2, 0) is 4.79 Å². The van der Waals surface area contributed by atoms with Crippen LogP contribution in [0.3, 0.4) is 0 Å². The molecular weight excluding hydrogens is 363 g/mol. The van der Waals surface area contributed by atoms with E-state index >= 15 is 0 Å². The number of nitrogens with zero attached hydrogens (tertiary/aromatic N) is 1. The second-order valence-corrected chi connectivity index (χ2v) is 7.97. The zero-order valence-electron chi connectivity index (χ0n) is 12.9. The van der Waals surface area contributed by atoms with Crippen LogP contribution in [0.2, 0.25) is 0 Å². The number of anilines is 1. The lowest BCUT2D eigenvalue weighted by atomic mass is 10.3. The van der Waals surface area contributed by atoms with Gasteiger partial charge < -0.3 is 5.32 Å². The first-order valence-corrected chi connectivity index (χ1v) is 10.3. The number of carbonyl (C=O) groups excluding carboxylic acids is 1. The molecule has 24 heavy (non-hydrogen) atoms. The van der Waals surface area contributed by atoms with Crippen molar-refractivity contribution in [3.8, 4) is 0 Å². The molecule has 1 amide bonds. The number of para-hydroxylation sites is 1. The molecule has 1 heterocycles. The molecule has 1 aromatic heterocycles. The summed E-state index contributed by atoms with van der Waals surface area (Å²) in [6.45, 7) is 0. The molecule has 0 saturated carbocycles. The van der Waals surface area contributed by atoms with Crippen molar-refractivity contribution >= 4 is 56.1 Å². The third kappa shape index (κ3) is 4.28. The first kappa shape index (κ1) is 17.3. The van der Waals surface area contributed by atoms with Crippen LogP contribution in [0.4, 0.5) is 9.52 Å². The van der Waals surface area contributed by atoms with Gasteiger partial charge in [-0.3, -0.25) is 4.79 Å². The second-order valence-electron chi connectivity index (χ2n) is 4.93. The molecule has 0 aliphatic carbocycles. The van der Waals surface area contributed by atoms with Gasteiger partial charge in [-0.1, -0.05) is 17.4 Å². The summed E-state index contributed by atoms with van der Waals surface area (Å²) in [7, 11) is 0. The predicted molar refractivity (Wildman–Crippen MR) is 102 cm³/mol. The highest BCUT2D eigenvalue weighted by atomic mass is 32.2. The molecule has 0 aliphatic rings. The minimum atomic E-state index is -0.252. The molecule has 0 fully saturated rings. The number of thioether (sulfide) groups is 2. The third-order valence-corrected chi connectivity index (χ3v) is 5.98. The number of hydrogen-bond donors (Lipinski definition) is 1. The highest BCUT2D eigenvalue weighted by Gasteiger charge is 2.10. The Bertz CT molecular complexity index is 849. The van der Waals surface area contributed by atoms with Crippen LogP contribution in [-0.4, -0.2) is 22.9 Å². The van der Waals surface area contributed by atoms with Crippen LogP contribution in [0.1, 0.15) is 6.42 Å². The van der Waals surface area contributed by atoms with E-state index in [4.69, 9.17) is 0 Å². The number of benzene rings is 2. The van der Waals surface area contributed by atoms with Gasteiger partial charge >= 0.3 is 0 Å². The molecule has 0 atom stereocenters. The van der Waals surface area contributed by atoms with Crippen LogP contribution < -0.4 is 5.32 Å². The van der Waals surface area contributed by atoms with Crippen LogP contribution >= 0.6 is 34.9 Å². The minimum absolute atomic E-state index is 0.0608. The third-order valence-electron chi connectivity index (χ3n) is 3.26. The van der Waals surface area contributed by atoms with Crippen molar-refractivity contribution in [2.75, 3.05) is 17.3 Å². The number of aromatic nitrogens is 1. The van der Waals surface area contributed by atoms with Crippen molar-refractivity contribution in [2.45, 2.75) is 16.2 Å². The summed E-state index contributed by atoms with van der Waals surface area (Å²) < 4.78 is 13.9. The molecule has 124 valence electrons. The van der Waals surface area contributed by atoms with Crippen molar-refractivity contribution in [2.24, 2.45) is 0 Å². The predicted octanol–water partition coefficient (Wildman–Crippen LogP) is 5.28. The Morgan fingerprint density at radius 3 is 2.79 bits per heavy atom. The summed E-state index contributed by atoms with van der Waals surface area (Å²) >= 11 is 4.66. The van der Waals surface area contributed by atoms with Crippen molar-refractivity contribution in [3.05, 3.63) is 48.3 Å². The molecule has 0 bridgehead atoms. The fraction of sp³-hybridized carbons (Fsp3) is 0.176. The van der Waals surface area contributed by atoms with Gasteiger partial charge in [-0.2, -0.15) is 0 Å². The van der Waals surface area contributed by atoms with Crippen LogP contribution in [0.25, 0.3) is 10.2 Å². The lowest BCUT2D eigenvalue weighted by Gasteiger charge is -2.02. The van der Waals surface area contributed by atoms with E-state index in [0.717, 1.165) is 20.0 Å². The van der Waals surface area contributed by atoms with E-state index in [2.05, 4.69) is 10.3 Å². The topological polar surface area (TPSA) is 42.0 Å². The van der Waals surface area contributed by atoms with Gasteiger partial charge in [0.25, 0.3) is 0 Å². The summed E-state index contributed by atoms with van der Waals surface area (Å²) in [6, 6.07) is 12.3. The van der Waals surface area contributed by atoms with Crippen molar-refractivity contribution in [1.82, 2.24) is 4.98 Å². The number of nitrogens with one attached hydrogen (secondary N) is 1. The molecule has 0 spiro atoms. The fourth-order valence-corrected chi connectivity index (χ4v) is 4.50. The van der Waals surface area contributed by atoms with E-state index < -0.39 is 0 Å². The molecule has 0 radical (unpaired) electrons. The Morgan fingerprint density at radius 2 is 2.04 bits per heavy atom. The zero-order chi connectivity index (χ0) is 16.9. The molecule has 3 rings (SSSR count). The minimum Gasteiger partial charge on any atom is -0.302 e. The van der Waals surface area contributed by atoms with Gasteiger partial charge in [0.2, 0.25) is 5.91 Å². The number of fused-ring (bicyclic) bond motifs is 1.